The highest BCUT2D eigenvalue weighted by Crippen LogP contribution is 2.30. The van der Waals surface area contributed by atoms with Crippen molar-refractivity contribution in [2.45, 2.75) is 6.92 Å². The number of hydrogen-bond donors (Lipinski definition) is 2. The topological polar surface area (TPSA) is 66.2 Å². The minimum absolute atomic E-state index is 0.0512. The van der Waals surface area contributed by atoms with E-state index in [-0.39, 0.29) is 5.75 Å². The molecule has 0 saturated carbocycles. The lowest BCUT2D eigenvalue weighted by Crippen LogP contribution is -1.95. The summed E-state index contributed by atoms with van der Waals surface area (Å²) < 4.78 is 2.34. The fraction of sp³-hybridized carbons (Fsp3) is 0.0625. The molecule has 0 saturated heterocycles. The van der Waals surface area contributed by atoms with Crippen LogP contribution in [0.25, 0.3) is 11.4 Å². The van der Waals surface area contributed by atoms with E-state index in [2.05, 4.69) is 31.2 Å². The highest BCUT2D eigenvalue weighted by atomic mass is 79.9. The predicted molar refractivity (Wildman–Crippen MR) is 101 cm³/mol. The third-order valence-electron chi connectivity index (χ3n) is 3.30. The van der Waals surface area contributed by atoms with Crippen LogP contribution in [0.4, 0.5) is 0 Å². The lowest BCUT2D eigenvalue weighted by molar-refractivity contribution is 0.471. The van der Waals surface area contributed by atoms with Crippen molar-refractivity contribution in [1.29, 1.82) is 0 Å². The average Bonchev–Trinajstić information content (AvgIpc) is 2.90. The maximum absolute atomic E-state index is 10.1. The Kier molecular flexibility index (Phi) is 4.84. The normalized spacial score (nSPS) is 11.3. The van der Waals surface area contributed by atoms with Crippen molar-refractivity contribution >= 4 is 46.0 Å². The van der Waals surface area contributed by atoms with E-state index in [4.69, 9.17) is 23.8 Å². The number of rotatable bonds is 3. The van der Waals surface area contributed by atoms with Crippen LogP contribution in [0.3, 0.4) is 0 Å². The maximum Gasteiger partial charge on any atom is 0.216 e. The Bertz CT molecular complexity index is 996. The molecular weight excluding hydrogens is 412 g/mol. The van der Waals surface area contributed by atoms with Crippen LogP contribution in [-0.4, -0.2) is 26.2 Å². The fourth-order valence-electron chi connectivity index (χ4n) is 2.17. The number of aryl methyl sites for hydroxylation is 1. The number of aromatic nitrogens is 3. The molecule has 0 bridgehead atoms. The van der Waals surface area contributed by atoms with Crippen LogP contribution in [0.2, 0.25) is 5.02 Å². The molecular formula is C16H12BrClN4OS. The first-order valence-electron chi connectivity index (χ1n) is 6.92. The summed E-state index contributed by atoms with van der Waals surface area (Å²) in [7, 11) is 0. The summed E-state index contributed by atoms with van der Waals surface area (Å²) in [4.78, 5) is 0. The number of halogens is 2. The van der Waals surface area contributed by atoms with Gasteiger partial charge < -0.3 is 5.11 Å². The van der Waals surface area contributed by atoms with Crippen LogP contribution in [0.15, 0.2) is 46.0 Å². The van der Waals surface area contributed by atoms with Gasteiger partial charge in [0.1, 0.15) is 5.75 Å². The summed E-state index contributed by atoms with van der Waals surface area (Å²) in [5, 5.41) is 21.9. The smallest absolute Gasteiger partial charge is 0.216 e. The van der Waals surface area contributed by atoms with Crippen molar-refractivity contribution in [1.82, 2.24) is 14.9 Å². The Hall–Kier alpha value is -1.96. The number of aromatic amines is 1. The van der Waals surface area contributed by atoms with E-state index in [1.54, 1.807) is 12.1 Å². The van der Waals surface area contributed by atoms with E-state index in [0.29, 0.717) is 25.7 Å². The molecule has 0 amide bonds. The Morgan fingerprint density at radius 3 is 2.92 bits per heavy atom. The number of benzene rings is 2. The van der Waals surface area contributed by atoms with E-state index in [0.717, 1.165) is 11.1 Å². The Morgan fingerprint density at radius 2 is 2.17 bits per heavy atom. The van der Waals surface area contributed by atoms with Crippen LogP contribution in [0.5, 0.6) is 5.75 Å². The van der Waals surface area contributed by atoms with Gasteiger partial charge in [-0.2, -0.15) is 14.9 Å². The van der Waals surface area contributed by atoms with Gasteiger partial charge in [-0.3, -0.25) is 0 Å². The van der Waals surface area contributed by atoms with E-state index >= 15 is 0 Å². The molecule has 1 heterocycles. The molecule has 3 aromatic rings. The first kappa shape index (κ1) is 16.9. The molecule has 3 rings (SSSR count). The van der Waals surface area contributed by atoms with Crippen molar-refractivity contribution in [2.75, 3.05) is 0 Å². The molecule has 0 aliphatic heterocycles. The molecule has 122 valence electrons. The minimum atomic E-state index is 0.0512. The Labute approximate surface area is 156 Å². The highest BCUT2D eigenvalue weighted by Gasteiger charge is 2.09. The second-order valence-corrected chi connectivity index (χ2v) is 6.78. The second kappa shape index (κ2) is 6.88. The van der Waals surface area contributed by atoms with Crippen molar-refractivity contribution in [3.63, 3.8) is 0 Å². The number of H-pyrrole nitrogens is 1. The molecule has 2 N–H and O–H groups in total. The molecule has 5 nitrogen and oxygen atoms in total. The van der Waals surface area contributed by atoms with Gasteiger partial charge in [-0.15, -0.1) is 0 Å². The Balaban J connectivity index is 2.06. The van der Waals surface area contributed by atoms with Gasteiger partial charge >= 0.3 is 0 Å². The number of phenolic OH excluding ortho intramolecular Hbond substituents is 1. The van der Waals surface area contributed by atoms with Gasteiger partial charge in [0.05, 0.1) is 10.7 Å². The summed E-state index contributed by atoms with van der Waals surface area (Å²) in [5.41, 5.74) is 2.46. The van der Waals surface area contributed by atoms with Gasteiger partial charge in [0.2, 0.25) is 4.77 Å². The van der Waals surface area contributed by atoms with Crippen LogP contribution >= 0.6 is 39.7 Å². The number of hydrogen-bond acceptors (Lipinski definition) is 4. The second-order valence-electron chi connectivity index (χ2n) is 5.10. The number of aromatic hydroxyl groups is 1. The molecule has 0 spiro atoms. The number of nitrogens with zero attached hydrogens (tertiary/aromatic N) is 3. The van der Waals surface area contributed by atoms with Crippen LogP contribution in [0, 0.1) is 11.7 Å². The molecule has 24 heavy (non-hydrogen) atoms. The lowest BCUT2D eigenvalue weighted by Gasteiger charge is -2.04. The molecule has 2 aromatic carbocycles. The molecule has 0 atom stereocenters. The summed E-state index contributed by atoms with van der Waals surface area (Å²) in [6.45, 7) is 2.00. The predicted octanol–water partition coefficient (Wildman–Crippen LogP) is 4.92. The summed E-state index contributed by atoms with van der Waals surface area (Å²) in [6.07, 6.45) is 1.48. The fourth-order valence-corrected chi connectivity index (χ4v) is 3.19. The van der Waals surface area contributed by atoms with E-state index in [9.17, 15) is 5.11 Å². The first-order chi connectivity index (χ1) is 11.5. The third kappa shape index (κ3) is 3.43. The first-order valence-corrected chi connectivity index (χ1v) is 8.50. The molecule has 0 aliphatic rings. The van der Waals surface area contributed by atoms with Crippen molar-refractivity contribution in [2.24, 2.45) is 5.10 Å². The van der Waals surface area contributed by atoms with Gasteiger partial charge in [0.25, 0.3) is 0 Å². The third-order valence-corrected chi connectivity index (χ3v) is 4.38. The van der Waals surface area contributed by atoms with E-state index < -0.39 is 0 Å². The quantitative estimate of drug-likeness (QED) is 0.464. The Morgan fingerprint density at radius 1 is 1.38 bits per heavy atom. The lowest BCUT2D eigenvalue weighted by atomic mass is 10.1. The molecule has 0 fully saturated rings. The number of nitrogens with one attached hydrogen (secondary N) is 1. The standard InChI is InChI=1S/C16H12BrClN4OS/c1-9-3-2-4-10(5-9)15-20-21-16(24)22(15)19-8-11-6-12(18)7-13(17)14(11)23/h2-8,23H,1H3,(H,21,24)/b19-8-. The zero-order valence-corrected chi connectivity index (χ0v) is 15.7. The van der Waals surface area contributed by atoms with Crippen LogP contribution in [-0.2, 0) is 0 Å². The minimum Gasteiger partial charge on any atom is -0.506 e. The summed E-state index contributed by atoms with van der Waals surface area (Å²) >= 11 is 14.5. The molecule has 0 aliphatic carbocycles. The zero-order valence-electron chi connectivity index (χ0n) is 12.5. The summed E-state index contributed by atoms with van der Waals surface area (Å²) in [6, 6.07) is 11.1. The molecule has 8 heteroatoms. The van der Waals surface area contributed by atoms with E-state index in [1.807, 2.05) is 31.2 Å². The van der Waals surface area contributed by atoms with Gasteiger partial charge in [0.15, 0.2) is 5.82 Å². The van der Waals surface area contributed by atoms with Gasteiger partial charge in [-0.25, -0.2) is 5.10 Å². The average molecular weight is 424 g/mol. The maximum atomic E-state index is 10.1. The van der Waals surface area contributed by atoms with Crippen molar-refractivity contribution in [3.8, 4) is 17.1 Å². The van der Waals surface area contributed by atoms with Crippen molar-refractivity contribution < 1.29 is 5.11 Å². The van der Waals surface area contributed by atoms with Crippen molar-refractivity contribution in [3.05, 3.63) is 61.8 Å². The SMILES string of the molecule is Cc1cccc(-c2n[nH]c(=S)n2/N=C\c2cc(Cl)cc(Br)c2O)c1. The van der Waals surface area contributed by atoms with E-state index in [1.165, 1.54) is 10.9 Å². The van der Waals surface area contributed by atoms with Crippen LogP contribution in [0.1, 0.15) is 11.1 Å². The molecule has 0 unspecified atom stereocenters. The molecule has 0 radical (unpaired) electrons. The number of phenols is 1. The zero-order chi connectivity index (χ0) is 17.3. The van der Waals surface area contributed by atoms with Gasteiger partial charge in [-0.05, 0) is 53.3 Å². The van der Waals surface area contributed by atoms with Gasteiger partial charge in [-0.1, -0.05) is 35.4 Å². The highest BCUT2D eigenvalue weighted by molar-refractivity contribution is 9.10. The van der Waals surface area contributed by atoms with Gasteiger partial charge in [0, 0.05) is 16.1 Å². The summed E-state index contributed by atoms with van der Waals surface area (Å²) in [5.74, 6) is 0.635. The molecule has 1 aromatic heterocycles. The largest absolute Gasteiger partial charge is 0.506 e. The van der Waals surface area contributed by atoms with Crippen LogP contribution < -0.4 is 0 Å². The monoisotopic (exact) mass is 422 g/mol.